The Hall–Kier alpha value is -1.72. The van der Waals surface area contributed by atoms with Gasteiger partial charge in [0.05, 0.1) is 11.1 Å². The van der Waals surface area contributed by atoms with Crippen molar-refractivity contribution in [2.24, 2.45) is 5.92 Å². The molecule has 3 heterocycles. The Kier molecular flexibility index (Phi) is 5.31. The number of amides is 1. The summed E-state index contributed by atoms with van der Waals surface area (Å²) in [5, 5.41) is 3.60. The second kappa shape index (κ2) is 7.45. The molecular weight excluding hydrogens is 324 g/mol. The number of nitrogens with zero attached hydrogens (tertiary/aromatic N) is 3. The van der Waals surface area contributed by atoms with E-state index in [-0.39, 0.29) is 18.3 Å². The number of likely N-dealkylation sites (tertiary alicyclic amines) is 1. The highest BCUT2D eigenvalue weighted by Gasteiger charge is 2.30. The van der Waals surface area contributed by atoms with Crippen molar-refractivity contribution in [1.29, 1.82) is 0 Å². The molecule has 1 unspecified atom stereocenters. The summed E-state index contributed by atoms with van der Waals surface area (Å²) in [6.07, 6.45) is 8.09. The Bertz CT molecular complexity index is 704. The van der Waals surface area contributed by atoms with Gasteiger partial charge in [0.25, 0.3) is 5.91 Å². The zero-order valence-corrected chi connectivity index (χ0v) is 14.5. The van der Waals surface area contributed by atoms with Gasteiger partial charge in [-0.1, -0.05) is 6.07 Å². The molecule has 2 aliphatic rings. The third kappa shape index (κ3) is 3.23. The molecule has 1 aromatic carbocycles. The number of halogens is 1. The Balaban J connectivity index is 0.00000169. The normalized spacial score (nSPS) is 21.7. The maximum Gasteiger partial charge on any atom is 0.256 e. The number of hydrogen-bond acceptors (Lipinski definition) is 4. The number of carbonyl (C=O) groups is 1. The summed E-state index contributed by atoms with van der Waals surface area (Å²) in [4.78, 5) is 23.5. The van der Waals surface area contributed by atoms with E-state index in [1.807, 2.05) is 23.1 Å². The number of para-hydroxylation sites is 1. The van der Waals surface area contributed by atoms with Crippen LogP contribution in [-0.4, -0.2) is 46.5 Å². The van der Waals surface area contributed by atoms with Crippen LogP contribution in [0, 0.1) is 5.92 Å². The zero-order chi connectivity index (χ0) is 15.6. The molecule has 1 amide bonds. The maximum absolute atomic E-state index is 12.9. The number of aromatic nitrogens is 2. The molecule has 2 fully saturated rings. The van der Waals surface area contributed by atoms with Crippen molar-refractivity contribution in [1.82, 2.24) is 20.2 Å². The van der Waals surface area contributed by atoms with Crippen LogP contribution in [0.1, 0.15) is 36.0 Å². The van der Waals surface area contributed by atoms with Crippen molar-refractivity contribution < 1.29 is 4.79 Å². The molecule has 24 heavy (non-hydrogen) atoms. The lowest BCUT2D eigenvalue weighted by atomic mass is 9.88. The number of hydrogen-bond donors (Lipinski definition) is 1. The van der Waals surface area contributed by atoms with Gasteiger partial charge in [0.15, 0.2) is 0 Å². The van der Waals surface area contributed by atoms with Crippen molar-refractivity contribution in [3.8, 4) is 0 Å². The Morgan fingerprint density at radius 2 is 1.92 bits per heavy atom. The highest BCUT2D eigenvalue weighted by molar-refractivity contribution is 6.04. The third-order valence-corrected chi connectivity index (χ3v) is 5.22. The van der Waals surface area contributed by atoms with Gasteiger partial charge >= 0.3 is 0 Å². The summed E-state index contributed by atoms with van der Waals surface area (Å²) < 4.78 is 0. The first-order chi connectivity index (χ1) is 11.3. The molecule has 2 aromatic rings. The monoisotopic (exact) mass is 346 g/mol. The van der Waals surface area contributed by atoms with Gasteiger partial charge in [0.1, 0.15) is 5.52 Å². The van der Waals surface area contributed by atoms with Gasteiger partial charge in [0, 0.05) is 31.5 Å². The van der Waals surface area contributed by atoms with Crippen LogP contribution in [0.5, 0.6) is 0 Å². The van der Waals surface area contributed by atoms with E-state index in [2.05, 4.69) is 15.3 Å². The Morgan fingerprint density at radius 3 is 2.67 bits per heavy atom. The molecule has 1 atom stereocenters. The summed E-state index contributed by atoms with van der Waals surface area (Å²) >= 11 is 0. The standard InChI is InChI=1S/C18H22N4O.ClH/c23-18(14-3-1-4-16-17(14)21-10-9-20-16)22-11-6-13(7-12-22)15-5-2-8-19-15;/h1,3-4,9-10,13,15,19H,2,5-8,11-12H2;1H. The highest BCUT2D eigenvalue weighted by atomic mass is 35.5. The van der Waals surface area contributed by atoms with Crippen LogP contribution in [0.25, 0.3) is 11.0 Å². The average Bonchev–Trinajstić information content (AvgIpc) is 3.15. The third-order valence-electron chi connectivity index (χ3n) is 5.22. The van der Waals surface area contributed by atoms with Crippen LogP contribution in [-0.2, 0) is 0 Å². The summed E-state index contributed by atoms with van der Waals surface area (Å²) in [6.45, 7) is 2.84. The molecule has 0 radical (unpaired) electrons. The molecule has 5 nitrogen and oxygen atoms in total. The lowest BCUT2D eigenvalue weighted by Gasteiger charge is -2.35. The van der Waals surface area contributed by atoms with Crippen LogP contribution < -0.4 is 5.32 Å². The lowest BCUT2D eigenvalue weighted by molar-refractivity contribution is 0.0676. The molecule has 128 valence electrons. The summed E-state index contributed by atoms with van der Waals surface area (Å²) in [5.41, 5.74) is 2.16. The molecule has 6 heteroatoms. The quantitative estimate of drug-likeness (QED) is 0.908. The van der Waals surface area contributed by atoms with Gasteiger partial charge in [0.2, 0.25) is 0 Å². The van der Waals surface area contributed by atoms with E-state index in [0.717, 1.165) is 38.0 Å². The summed E-state index contributed by atoms with van der Waals surface area (Å²) in [6, 6.07) is 6.32. The number of rotatable bonds is 2. The molecule has 0 bridgehead atoms. The second-order valence-electron chi connectivity index (χ2n) is 6.56. The molecule has 0 aliphatic carbocycles. The van der Waals surface area contributed by atoms with Crippen LogP contribution >= 0.6 is 12.4 Å². The lowest BCUT2D eigenvalue weighted by Crippen LogP contribution is -2.43. The first-order valence-electron chi connectivity index (χ1n) is 8.55. The Morgan fingerprint density at radius 1 is 1.12 bits per heavy atom. The zero-order valence-electron chi connectivity index (χ0n) is 13.6. The topological polar surface area (TPSA) is 58.1 Å². The molecular formula is C18H23ClN4O. The van der Waals surface area contributed by atoms with Crippen LogP contribution in [0.4, 0.5) is 0 Å². The van der Waals surface area contributed by atoms with Gasteiger partial charge in [-0.25, -0.2) is 0 Å². The van der Waals surface area contributed by atoms with Crippen LogP contribution in [0.2, 0.25) is 0 Å². The van der Waals surface area contributed by atoms with Crippen molar-refractivity contribution in [3.63, 3.8) is 0 Å². The van der Waals surface area contributed by atoms with E-state index < -0.39 is 0 Å². The van der Waals surface area contributed by atoms with E-state index in [1.54, 1.807) is 12.4 Å². The fourth-order valence-corrected chi connectivity index (χ4v) is 3.95. The van der Waals surface area contributed by atoms with E-state index in [9.17, 15) is 4.79 Å². The molecule has 0 saturated carbocycles. The summed E-state index contributed by atoms with van der Waals surface area (Å²) in [5.74, 6) is 0.808. The fourth-order valence-electron chi connectivity index (χ4n) is 3.95. The molecule has 1 aromatic heterocycles. The number of nitrogens with one attached hydrogen (secondary N) is 1. The number of benzene rings is 1. The minimum absolute atomic E-state index is 0. The maximum atomic E-state index is 12.9. The molecule has 2 saturated heterocycles. The minimum Gasteiger partial charge on any atom is -0.339 e. The SMILES string of the molecule is Cl.O=C(c1cccc2nccnc12)N1CCC(C2CCCN2)CC1. The van der Waals surface area contributed by atoms with Gasteiger partial charge in [-0.2, -0.15) is 0 Å². The second-order valence-corrected chi connectivity index (χ2v) is 6.56. The van der Waals surface area contributed by atoms with E-state index in [4.69, 9.17) is 0 Å². The summed E-state index contributed by atoms with van der Waals surface area (Å²) in [7, 11) is 0. The average molecular weight is 347 g/mol. The van der Waals surface area contributed by atoms with Crippen molar-refractivity contribution in [2.75, 3.05) is 19.6 Å². The van der Waals surface area contributed by atoms with E-state index in [0.29, 0.717) is 23.0 Å². The minimum atomic E-state index is 0. The van der Waals surface area contributed by atoms with Gasteiger partial charge in [-0.15, -0.1) is 12.4 Å². The van der Waals surface area contributed by atoms with Crippen LogP contribution in [0.3, 0.4) is 0 Å². The predicted octanol–water partition coefficient (Wildman–Crippen LogP) is 2.66. The van der Waals surface area contributed by atoms with E-state index in [1.165, 1.54) is 12.8 Å². The highest BCUT2D eigenvalue weighted by Crippen LogP contribution is 2.27. The van der Waals surface area contributed by atoms with E-state index >= 15 is 0 Å². The molecule has 0 spiro atoms. The first kappa shape index (κ1) is 17.1. The number of fused-ring (bicyclic) bond motifs is 1. The smallest absolute Gasteiger partial charge is 0.256 e. The van der Waals surface area contributed by atoms with Gasteiger partial charge in [-0.3, -0.25) is 14.8 Å². The molecule has 1 N–H and O–H groups in total. The largest absolute Gasteiger partial charge is 0.339 e. The Labute approximate surface area is 148 Å². The number of carbonyl (C=O) groups excluding carboxylic acids is 1. The van der Waals surface area contributed by atoms with Gasteiger partial charge in [-0.05, 0) is 50.3 Å². The fraction of sp³-hybridized carbons (Fsp3) is 0.500. The van der Waals surface area contributed by atoms with Gasteiger partial charge < -0.3 is 10.2 Å². The number of piperidine rings is 1. The van der Waals surface area contributed by atoms with Crippen molar-refractivity contribution in [2.45, 2.75) is 31.7 Å². The molecule has 2 aliphatic heterocycles. The van der Waals surface area contributed by atoms with Crippen molar-refractivity contribution >= 4 is 29.3 Å². The van der Waals surface area contributed by atoms with Crippen molar-refractivity contribution in [3.05, 3.63) is 36.2 Å². The predicted molar refractivity (Wildman–Crippen MR) is 96.4 cm³/mol. The van der Waals surface area contributed by atoms with Crippen LogP contribution in [0.15, 0.2) is 30.6 Å². The molecule has 4 rings (SSSR count). The first-order valence-corrected chi connectivity index (χ1v) is 8.55.